The summed E-state index contributed by atoms with van der Waals surface area (Å²) in [5.41, 5.74) is 5.69. The fourth-order valence-corrected chi connectivity index (χ4v) is 1.75. The molecule has 0 saturated heterocycles. The molecule has 0 aromatic rings. The molecule has 0 heterocycles. The van der Waals surface area contributed by atoms with E-state index in [0.29, 0.717) is 12.2 Å². The van der Waals surface area contributed by atoms with Gasteiger partial charge in [-0.2, -0.15) is 0 Å². The van der Waals surface area contributed by atoms with Crippen LogP contribution in [-0.4, -0.2) is 37.5 Å². The Labute approximate surface area is 114 Å². The topological polar surface area (TPSA) is 73.9 Å². The molecule has 1 fully saturated rings. The highest BCUT2D eigenvalue weighted by Gasteiger charge is 2.30. The molecular formula is C14H24N2O3. The molecule has 0 aromatic carbocycles. The van der Waals surface area contributed by atoms with Crippen LogP contribution in [0.25, 0.3) is 0 Å². The second-order valence-electron chi connectivity index (χ2n) is 4.53. The number of carbonyl (C=O) groups excluding carboxylic acids is 1. The van der Waals surface area contributed by atoms with E-state index in [1.54, 1.807) is 6.92 Å². The zero-order valence-electron chi connectivity index (χ0n) is 11.8. The summed E-state index contributed by atoms with van der Waals surface area (Å²) in [5.74, 6) is -0.434. The second-order valence-corrected chi connectivity index (χ2v) is 4.53. The first kappa shape index (κ1) is 15.7. The highest BCUT2D eigenvalue weighted by atomic mass is 16.5. The van der Waals surface area contributed by atoms with Crippen molar-refractivity contribution in [3.05, 3.63) is 11.8 Å². The quantitative estimate of drug-likeness (QED) is 0.315. The third-order valence-electron chi connectivity index (χ3n) is 3.10. The first-order valence-electron chi connectivity index (χ1n) is 6.96. The molecule has 0 spiro atoms. The SMILES string of the molecule is CCCCO[C@H]1CC[C@@H]1N=C/C(=C\N)C(=O)OCC. The number of carbonyl (C=O) groups is 1. The Hall–Kier alpha value is -1.36. The number of unbranched alkanes of at least 4 members (excludes halogenated alkanes) is 1. The summed E-state index contributed by atoms with van der Waals surface area (Å²) in [7, 11) is 0. The lowest BCUT2D eigenvalue weighted by molar-refractivity contribution is -0.137. The number of hydrogen-bond donors (Lipinski definition) is 1. The minimum atomic E-state index is -0.434. The molecule has 0 bridgehead atoms. The molecule has 1 saturated carbocycles. The lowest BCUT2D eigenvalue weighted by atomic mass is 9.89. The van der Waals surface area contributed by atoms with Gasteiger partial charge in [0.05, 0.1) is 24.3 Å². The van der Waals surface area contributed by atoms with Gasteiger partial charge in [0.2, 0.25) is 0 Å². The highest BCUT2D eigenvalue weighted by molar-refractivity contribution is 6.09. The maximum Gasteiger partial charge on any atom is 0.341 e. The van der Waals surface area contributed by atoms with E-state index in [-0.39, 0.29) is 12.1 Å². The average Bonchev–Trinajstić information content (AvgIpc) is 2.38. The lowest BCUT2D eigenvalue weighted by Gasteiger charge is -2.33. The number of ether oxygens (including phenoxy) is 2. The van der Waals surface area contributed by atoms with E-state index >= 15 is 0 Å². The Kier molecular flexibility index (Phi) is 7.18. The molecule has 2 atom stereocenters. The summed E-state index contributed by atoms with van der Waals surface area (Å²) in [6, 6.07) is 0.140. The summed E-state index contributed by atoms with van der Waals surface area (Å²) in [5, 5.41) is 0. The average molecular weight is 268 g/mol. The van der Waals surface area contributed by atoms with Crippen molar-refractivity contribution in [1.29, 1.82) is 0 Å². The van der Waals surface area contributed by atoms with Crippen molar-refractivity contribution in [2.45, 2.75) is 51.7 Å². The van der Waals surface area contributed by atoms with E-state index in [9.17, 15) is 4.79 Å². The van der Waals surface area contributed by atoms with Crippen molar-refractivity contribution in [2.24, 2.45) is 10.7 Å². The largest absolute Gasteiger partial charge is 0.462 e. The van der Waals surface area contributed by atoms with Gasteiger partial charge in [0.1, 0.15) is 0 Å². The molecule has 0 radical (unpaired) electrons. The van der Waals surface area contributed by atoms with Crippen LogP contribution in [0.1, 0.15) is 39.5 Å². The maximum atomic E-state index is 11.5. The Morgan fingerprint density at radius 1 is 1.42 bits per heavy atom. The number of rotatable bonds is 8. The Morgan fingerprint density at radius 2 is 2.21 bits per heavy atom. The molecule has 0 amide bonds. The number of nitrogens with zero attached hydrogens (tertiary/aromatic N) is 1. The minimum absolute atomic E-state index is 0.140. The van der Waals surface area contributed by atoms with Gasteiger partial charge >= 0.3 is 5.97 Å². The summed E-state index contributed by atoms with van der Waals surface area (Å²) < 4.78 is 10.6. The summed E-state index contributed by atoms with van der Waals surface area (Å²) >= 11 is 0. The highest BCUT2D eigenvalue weighted by Crippen LogP contribution is 2.26. The van der Waals surface area contributed by atoms with Gasteiger partial charge in [0, 0.05) is 19.0 Å². The molecule has 0 aliphatic heterocycles. The van der Waals surface area contributed by atoms with Crippen molar-refractivity contribution < 1.29 is 14.3 Å². The van der Waals surface area contributed by atoms with Gasteiger partial charge in [-0.1, -0.05) is 13.3 Å². The second kappa shape index (κ2) is 8.69. The summed E-state index contributed by atoms with van der Waals surface area (Å²) in [4.78, 5) is 15.9. The van der Waals surface area contributed by atoms with Crippen LogP contribution in [0.2, 0.25) is 0 Å². The predicted octanol–water partition coefficient (Wildman–Crippen LogP) is 1.81. The molecule has 1 aliphatic rings. The number of hydrogen-bond acceptors (Lipinski definition) is 5. The van der Waals surface area contributed by atoms with Gasteiger partial charge in [-0.3, -0.25) is 4.99 Å². The Bertz CT molecular complexity index is 340. The minimum Gasteiger partial charge on any atom is -0.462 e. The Morgan fingerprint density at radius 3 is 2.74 bits per heavy atom. The van der Waals surface area contributed by atoms with Crippen LogP contribution in [0, 0.1) is 0 Å². The zero-order chi connectivity index (χ0) is 14.1. The van der Waals surface area contributed by atoms with Crippen LogP contribution in [0.15, 0.2) is 16.8 Å². The van der Waals surface area contributed by atoms with Crippen LogP contribution < -0.4 is 5.73 Å². The first-order chi connectivity index (χ1) is 9.22. The molecule has 19 heavy (non-hydrogen) atoms. The van der Waals surface area contributed by atoms with Crippen LogP contribution >= 0.6 is 0 Å². The van der Waals surface area contributed by atoms with Crippen molar-refractivity contribution >= 4 is 12.2 Å². The first-order valence-corrected chi connectivity index (χ1v) is 6.96. The van der Waals surface area contributed by atoms with Crippen molar-refractivity contribution in [1.82, 2.24) is 0 Å². The monoisotopic (exact) mass is 268 g/mol. The van der Waals surface area contributed by atoms with Crippen LogP contribution in [-0.2, 0) is 14.3 Å². The fraction of sp³-hybridized carbons (Fsp3) is 0.714. The predicted molar refractivity (Wildman–Crippen MR) is 75.1 cm³/mol. The van der Waals surface area contributed by atoms with E-state index in [2.05, 4.69) is 11.9 Å². The van der Waals surface area contributed by atoms with E-state index < -0.39 is 5.97 Å². The molecule has 2 N–H and O–H groups in total. The van der Waals surface area contributed by atoms with E-state index in [4.69, 9.17) is 15.2 Å². The van der Waals surface area contributed by atoms with Gasteiger partial charge in [-0.15, -0.1) is 0 Å². The third-order valence-corrected chi connectivity index (χ3v) is 3.10. The van der Waals surface area contributed by atoms with Gasteiger partial charge in [0.15, 0.2) is 0 Å². The Balaban J connectivity index is 2.40. The molecule has 0 aromatic heterocycles. The van der Waals surface area contributed by atoms with Gasteiger partial charge in [-0.05, 0) is 26.2 Å². The normalized spacial score (nSPS) is 23.4. The van der Waals surface area contributed by atoms with Crippen molar-refractivity contribution in [2.75, 3.05) is 13.2 Å². The lowest BCUT2D eigenvalue weighted by Crippen LogP contribution is -2.38. The van der Waals surface area contributed by atoms with Crippen LogP contribution in [0.3, 0.4) is 0 Å². The summed E-state index contributed by atoms with van der Waals surface area (Å²) in [6.45, 7) is 5.00. The fourth-order valence-electron chi connectivity index (χ4n) is 1.75. The van der Waals surface area contributed by atoms with E-state index in [1.165, 1.54) is 12.4 Å². The summed E-state index contributed by atoms with van der Waals surface area (Å²) in [6.07, 6.45) is 7.14. The standard InChI is InChI=1S/C14H24N2O3/c1-3-5-8-19-13-7-6-12(13)16-10-11(9-15)14(17)18-4-2/h9-10,12-13H,3-8,15H2,1-2H3/b11-9+,16-10?/t12-,13-/m0/s1. The number of esters is 1. The molecule has 5 heteroatoms. The maximum absolute atomic E-state index is 11.5. The molecule has 108 valence electrons. The molecule has 1 rings (SSSR count). The van der Waals surface area contributed by atoms with E-state index in [1.807, 2.05) is 0 Å². The smallest absolute Gasteiger partial charge is 0.341 e. The zero-order valence-corrected chi connectivity index (χ0v) is 11.8. The van der Waals surface area contributed by atoms with E-state index in [0.717, 1.165) is 32.3 Å². The van der Waals surface area contributed by atoms with Crippen molar-refractivity contribution in [3.8, 4) is 0 Å². The van der Waals surface area contributed by atoms with Crippen LogP contribution in [0.4, 0.5) is 0 Å². The number of aliphatic imine (C=N–C) groups is 1. The van der Waals surface area contributed by atoms with Gasteiger partial charge in [-0.25, -0.2) is 4.79 Å². The molecule has 5 nitrogen and oxygen atoms in total. The van der Waals surface area contributed by atoms with Crippen LogP contribution in [0.5, 0.6) is 0 Å². The molecular weight excluding hydrogens is 244 g/mol. The van der Waals surface area contributed by atoms with Crippen molar-refractivity contribution in [3.63, 3.8) is 0 Å². The number of nitrogens with two attached hydrogens (primary N) is 1. The van der Waals surface area contributed by atoms with Gasteiger partial charge < -0.3 is 15.2 Å². The molecule has 1 aliphatic carbocycles. The third kappa shape index (κ3) is 5.03. The molecule has 0 unspecified atom stereocenters. The van der Waals surface area contributed by atoms with Gasteiger partial charge in [0.25, 0.3) is 0 Å².